The number of pyridine rings is 1. The molecule has 3 nitrogen and oxygen atoms in total. The number of carbonyl (C=O) groups excluding carboxylic acids is 1. The highest BCUT2D eigenvalue weighted by atomic mass is 33.1. The van der Waals surface area contributed by atoms with Crippen LogP contribution >= 0.6 is 21.6 Å². The molecular formula is C18H28N2OS2. The molecule has 128 valence electrons. The molecule has 0 bridgehead atoms. The smallest absolute Gasteiger partial charge is 0.221 e. The minimum atomic E-state index is 0.209. The molecule has 1 fully saturated rings. The molecule has 1 aromatic heterocycles. The molecule has 1 aliphatic rings. The van der Waals surface area contributed by atoms with Crippen LogP contribution in [0.15, 0.2) is 29.4 Å². The van der Waals surface area contributed by atoms with Crippen LogP contribution in [0.4, 0.5) is 0 Å². The second kappa shape index (κ2) is 11.8. The van der Waals surface area contributed by atoms with Crippen molar-refractivity contribution in [3.8, 4) is 0 Å². The molecule has 1 saturated carbocycles. The highest BCUT2D eigenvalue weighted by Gasteiger charge is 2.13. The van der Waals surface area contributed by atoms with E-state index in [4.69, 9.17) is 0 Å². The zero-order valence-electron chi connectivity index (χ0n) is 13.8. The summed E-state index contributed by atoms with van der Waals surface area (Å²) in [5, 5.41) is 4.26. The van der Waals surface area contributed by atoms with Gasteiger partial charge < -0.3 is 5.32 Å². The average molecular weight is 353 g/mol. The summed E-state index contributed by atoms with van der Waals surface area (Å²) in [5.41, 5.74) is 0. The lowest BCUT2D eigenvalue weighted by molar-refractivity contribution is -0.121. The number of rotatable bonds is 6. The van der Waals surface area contributed by atoms with E-state index in [1.54, 1.807) is 27.8 Å². The van der Waals surface area contributed by atoms with Gasteiger partial charge in [0.25, 0.3) is 0 Å². The van der Waals surface area contributed by atoms with Crippen LogP contribution in [0.2, 0.25) is 0 Å². The first kappa shape index (κ1) is 18.7. The van der Waals surface area contributed by atoms with Crippen molar-refractivity contribution in [3.63, 3.8) is 0 Å². The van der Waals surface area contributed by atoms with Gasteiger partial charge in [0.15, 0.2) is 0 Å². The van der Waals surface area contributed by atoms with E-state index in [0.29, 0.717) is 12.5 Å². The summed E-state index contributed by atoms with van der Waals surface area (Å²) >= 11 is 0. The lowest BCUT2D eigenvalue weighted by atomic mass is 9.97. The van der Waals surface area contributed by atoms with Crippen molar-refractivity contribution < 1.29 is 4.79 Å². The third kappa shape index (κ3) is 8.66. The van der Waals surface area contributed by atoms with Gasteiger partial charge in [-0.1, -0.05) is 61.8 Å². The predicted octanol–water partition coefficient (Wildman–Crippen LogP) is 5.22. The minimum absolute atomic E-state index is 0.209. The molecule has 0 saturated heterocycles. The van der Waals surface area contributed by atoms with Crippen LogP contribution in [0.1, 0.15) is 64.2 Å². The zero-order valence-corrected chi connectivity index (χ0v) is 15.5. The third-order valence-electron chi connectivity index (χ3n) is 4.16. The topological polar surface area (TPSA) is 42.0 Å². The van der Waals surface area contributed by atoms with Gasteiger partial charge in [-0.25, -0.2) is 4.98 Å². The van der Waals surface area contributed by atoms with E-state index in [9.17, 15) is 4.79 Å². The number of hydrogen-bond acceptors (Lipinski definition) is 4. The molecule has 1 heterocycles. The fraction of sp³-hybridized carbons (Fsp3) is 0.667. The average Bonchev–Trinajstić information content (AvgIpc) is 2.58. The monoisotopic (exact) mass is 352 g/mol. The van der Waals surface area contributed by atoms with Crippen molar-refractivity contribution in [1.82, 2.24) is 10.3 Å². The van der Waals surface area contributed by atoms with E-state index in [1.807, 2.05) is 18.2 Å². The van der Waals surface area contributed by atoms with E-state index in [0.717, 1.165) is 23.6 Å². The van der Waals surface area contributed by atoms with Crippen LogP contribution in [0.3, 0.4) is 0 Å². The highest BCUT2D eigenvalue weighted by Crippen LogP contribution is 2.29. The Bertz CT molecular complexity index is 432. The molecular weight excluding hydrogens is 324 g/mol. The summed E-state index contributed by atoms with van der Waals surface area (Å²) in [6.45, 7) is 0. The lowest BCUT2D eigenvalue weighted by Gasteiger charge is -2.20. The maximum Gasteiger partial charge on any atom is 0.221 e. The predicted molar refractivity (Wildman–Crippen MR) is 101 cm³/mol. The van der Waals surface area contributed by atoms with Gasteiger partial charge in [-0.3, -0.25) is 4.79 Å². The van der Waals surface area contributed by atoms with Crippen LogP contribution in [-0.2, 0) is 4.79 Å². The summed E-state index contributed by atoms with van der Waals surface area (Å²) in [6, 6.07) is 6.30. The van der Waals surface area contributed by atoms with E-state index < -0.39 is 0 Å². The van der Waals surface area contributed by atoms with Crippen LogP contribution in [0.25, 0.3) is 0 Å². The SMILES string of the molecule is O=C(CCSSc1ccccn1)NC1CCCCCCCCC1. The first-order chi connectivity index (χ1) is 11.3. The van der Waals surface area contributed by atoms with Gasteiger partial charge in [0.1, 0.15) is 5.03 Å². The van der Waals surface area contributed by atoms with E-state index in [-0.39, 0.29) is 5.91 Å². The fourth-order valence-corrected chi connectivity index (χ4v) is 4.76. The van der Waals surface area contributed by atoms with Gasteiger partial charge in [-0.05, 0) is 35.8 Å². The molecule has 1 N–H and O–H groups in total. The van der Waals surface area contributed by atoms with Gasteiger partial charge in [-0.15, -0.1) is 0 Å². The Kier molecular flexibility index (Phi) is 9.57. The Morgan fingerprint density at radius 3 is 2.43 bits per heavy atom. The lowest BCUT2D eigenvalue weighted by Crippen LogP contribution is -2.35. The van der Waals surface area contributed by atoms with Crippen LogP contribution in [0.5, 0.6) is 0 Å². The van der Waals surface area contributed by atoms with Gasteiger partial charge in [0.05, 0.1) is 0 Å². The van der Waals surface area contributed by atoms with E-state index in [1.165, 1.54) is 44.9 Å². The molecule has 1 aliphatic carbocycles. The van der Waals surface area contributed by atoms with Crippen molar-refractivity contribution in [1.29, 1.82) is 0 Å². The molecule has 2 rings (SSSR count). The third-order valence-corrected chi connectivity index (χ3v) is 6.43. The Labute approximate surface area is 148 Å². The maximum absolute atomic E-state index is 12.1. The van der Waals surface area contributed by atoms with Gasteiger partial charge in [-0.2, -0.15) is 0 Å². The summed E-state index contributed by atoms with van der Waals surface area (Å²) in [6.07, 6.45) is 14.0. The molecule has 23 heavy (non-hydrogen) atoms. The Morgan fingerprint density at radius 2 is 1.78 bits per heavy atom. The number of nitrogens with one attached hydrogen (secondary N) is 1. The normalized spacial score (nSPS) is 17.6. The van der Waals surface area contributed by atoms with Crippen LogP contribution in [0, 0.1) is 0 Å². The van der Waals surface area contributed by atoms with Crippen LogP contribution < -0.4 is 5.32 Å². The summed E-state index contributed by atoms with van der Waals surface area (Å²) in [7, 11) is 3.35. The first-order valence-corrected chi connectivity index (χ1v) is 11.2. The Hall–Kier alpha value is -0.680. The second-order valence-electron chi connectivity index (χ2n) is 6.14. The largest absolute Gasteiger partial charge is 0.353 e. The summed E-state index contributed by atoms with van der Waals surface area (Å²) in [5.74, 6) is 1.04. The van der Waals surface area contributed by atoms with Crippen molar-refractivity contribution in [2.45, 2.75) is 75.3 Å². The Balaban J connectivity index is 1.60. The number of aromatic nitrogens is 1. The molecule has 0 radical (unpaired) electrons. The molecule has 5 heteroatoms. The minimum Gasteiger partial charge on any atom is -0.353 e. The van der Waals surface area contributed by atoms with Gasteiger partial charge >= 0.3 is 0 Å². The highest BCUT2D eigenvalue weighted by molar-refractivity contribution is 8.76. The van der Waals surface area contributed by atoms with Gasteiger partial charge in [0, 0.05) is 24.4 Å². The van der Waals surface area contributed by atoms with E-state index >= 15 is 0 Å². The van der Waals surface area contributed by atoms with Crippen molar-refractivity contribution in [2.75, 3.05) is 5.75 Å². The van der Waals surface area contributed by atoms with Crippen molar-refractivity contribution in [2.24, 2.45) is 0 Å². The quantitative estimate of drug-likeness (QED) is 0.563. The fourth-order valence-electron chi connectivity index (χ4n) is 2.89. The van der Waals surface area contributed by atoms with E-state index in [2.05, 4.69) is 10.3 Å². The number of carbonyl (C=O) groups is 1. The maximum atomic E-state index is 12.1. The second-order valence-corrected chi connectivity index (χ2v) is 8.58. The number of hydrogen-bond donors (Lipinski definition) is 1. The summed E-state index contributed by atoms with van der Waals surface area (Å²) < 4.78 is 0. The standard InChI is InChI=1S/C18H28N2OS2/c21-17(13-15-22-23-18-12-8-9-14-19-18)20-16-10-6-4-2-1-3-5-7-11-16/h8-9,12,14,16H,1-7,10-11,13,15H2,(H,20,21). The number of nitrogens with zero attached hydrogens (tertiary/aromatic N) is 1. The first-order valence-electron chi connectivity index (χ1n) is 8.84. The summed E-state index contributed by atoms with van der Waals surface area (Å²) in [4.78, 5) is 16.4. The molecule has 0 aromatic carbocycles. The van der Waals surface area contributed by atoms with Crippen LogP contribution in [-0.4, -0.2) is 22.7 Å². The van der Waals surface area contributed by atoms with Gasteiger partial charge in [0.2, 0.25) is 5.91 Å². The van der Waals surface area contributed by atoms with Crippen molar-refractivity contribution >= 4 is 27.5 Å². The Morgan fingerprint density at radius 1 is 1.09 bits per heavy atom. The van der Waals surface area contributed by atoms with Crippen molar-refractivity contribution in [3.05, 3.63) is 24.4 Å². The molecule has 0 aliphatic heterocycles. The molecule has 1 aromatic rings. The molecule has 0 unspecified atom stereocenters. The molecule has 1 amide bonds. The zero-order chi connectivity index (χ0) is 16.2. The molecule has 0 spiro atoms. The molecule has 0 atom stereocenters. The number of amides is 1.